The molecule has 62 valence electrons. The molecule has 0 radical (unpaired) electrons. The van der Waals surface area contributed by atoms with E-state index in [1.54, 1.807) is 31.5 Å². The van der Waals surface area contributed by atoms with Gasteiger partial charge in [-0.05, 0) is 19.1 Å². The molecule has 1 heterocycles. The molecule has 3 nitrogen and oxygen atoms in total. The van der Waals surface area contributed by atoms with E-state index in [1.807, 2.05) is 6.07 Å². The highest BCUT2D eigenvalue weighted by molar-refractivity contribution is 5.79. The van der Waals surface area contributed by atoms with Crippen molar-refractivity contribution in [2.75, 3.05) is 0 Å². The monoisotopic (exact) mass is 162 g/mol. The van der Waals surface area contributed by atoms with Crippen molar-refractivity contribution in [2.24, 2.45) is 5.92 Å². The summed E-state index contributed by atoms with van der Waals surface area (Å²) in [6.07, 6.45) is 3.66. The number of carbonyl (C=O) groups excluding carboxylic acids is 1. The molecular formula is C9H10N2O. The second-order valence-electron chi connectivity index (χ2n) is 2.72. The Morgan fingerprint density at radius 2 is 2.17 bits per heavy atom. The van der Waals surface area contributed by atoms with Gasteiger partial charge in [-0.3, -0.25) is 9.36 Å². The standard InChI is InChI=1S/C9H10N2O/c1-8(7-10)6-9(12)11-4-2-3-5-11/h2-5,8H,6H2,1H3/t8-/m0/s1. The van der Waals surface area contributed by atoms with E-state index < -0.39 is 0 Å². The number of nitriles is 1. The average Bonchev–Trinajstić information content (AvgIpc) is 2.56. The minimum absolute atomic E-state index is 0.0333. The second kappa shape index (κ2) is 3.72. The average molecular weight is 162 g/mol. The highest BCUT2D eigenvalue weighted by atomic mass is 16.1. The maximum Gasteiger partial charge on any atom is 0.231 e. The third-order valence-corrected chi connectivity index (χ3v) is 1.59. The van der Waals surface area contributed by atoms with E-state index >= 15 is 0 Å². The number of hydrogen-bond acceptors (Lipinski definition) is 2. The summed E-state index contributed by atoms with van der Waals surface area (Å²) >= 11 is 0. The molecule has 0 saturated heterocycles. The van der Waals surface area contributed by atoms with Gasteiger partial charge in [-0.1, -0.05) is 0 Å². The second-order valence-corrected chi connectivity index (χ2v) is 2.72. The summed E-state index contributed by atoms with van der Waals surface area (Å²) in [5.74, 6) is -0.242. The van der Waals surface area contributed by atoms with E-state index in [0.717, 1.165) is 0 Å². The molecule has 0 amide bonds. The molecule has 0 N–H and O–H groups in total. The van der Waals surface area contributed by atoms with Crippen molar-refractivity contribution < 1.29 is 4.79 Å². The maximum atomic E-state index is 11.3. The van der Waals surface area contributed by atoms with Gasteiger partial charge in [0, 0.05) is 18.8 Å². The lowest BCUT2D eigenvalue weighted by atomic mass is 10.1. The van der Waals surface area contributed by atoms with E-state index in [-0.39, 0.29) is 18.2 Å². The highest BCUT2D eigenvalue weighted by Crippen LogP contribution is 2.02. The maximum absolute atomic E-state index is 11.3. The summed E-state index contributed by atoms with van der Waals surface area (Å²) in [6.45, 7) is 1.74. The third-order valence-electron chi connectivity index (χ3n) is 1.59. The largest absolute Gasteiger partial charge is 0.295 e. The van der Waals surface area contributed by atoms with Gasteiger partial charge in [0.25, 0.3) is 0 Å². The van der Waals surface area contributed by atoms with Crippen molar-refractivity contribution in [1.82, 2.24) is 4.57 Å². The van der Waals surface area contributed by atoms with Crippen LogP contribution in [0, 0.1) is 17.2 Å². The number of hydrogen-bond donors (Lipinski definition) is 0. The van der Waals surface area contributed by atoms with Gasteiger partial charge in [-0.25, -0.2) is 0 Å². The molecule has 0 unspecified atom stereocenters. The fourth-order valence-electron chi connectivity index (χ4n) is 0.914. The van der Waals surface area contributed by atoms with Crippen LogP contribution in [-0.4, -0.2) is 10.5 Å². The number of rotatable bonds is 2. The van der Waals surface area contributed by atoms with Crippen LogP contribution in [0.4, 0.5) is 0 Å². The van der Waals surface area contributed by atoms with Crippen molar-refractivity contribution in [2.45, 2.75) is 13.3 Å². The number of aromatic nitrogens is 1. The van der Waals surface area contributed by atoms with Crippen molar-refractivity contribution in [3.63, 3.8) is 0 Å². The molecule has 1 rings (SSSR count). The molecule has 1 atom stereocenters. The Kier molecular flexibility index (Phi) is 2.65. The quantitative estimate of drug-likeness (QED) is 0.664. The Balaban J connectivity index is 2.57. The Morgan fingerprint density at radius 3 is 2.67 bits per heavy atom. The molecule has 0 aromatic carbocycles. The summed E-state index contributed by atoms with van der Waals surface area (Å²) < 4.78 is 1.49. The van der Waals surface area contributed by atoms with E-state index in [1.165, 1.54) is 4.57 Å². The first-order chi connectivity index (χ1) is 5.74. The van der Waals surface area contributed by atoms with Crippen LogP contribution in [0.2, 0.25) is 0 Å². The van der Waals surface area contributed by atoms with Crippen LogP contribution in [-0.2, 0) is 0 Å². The lowest BCUT2D eigenvalue weighted by molar-refractivity contribution is 0.0892. The van der Waals surface area contributed by atoms with Crippen molar-refractivity contribution in [3.8, 4) is 6.07 Å². The third kappa shape index (κ3) is 1.96. The van der Waals surface area contributed by atoms with Crippen molar-refractivity contribution >= 4 is 5.91 Å². The molecule has 0 fully saturated rings. The van der Waals surface area contributed by atoms with Gasteiger partial charge < -0.3 is 0 Å². The van der Waals surface area contributed by atoms with Crippen LogP contribution in [0.15, 0.2) is 24.5 Å². The van der Waals surface area contributed by atoms with Gasteiger partial charge in [0.2, 0.25) is 5.91 Å². The summed E-state index contributed by atoms with van der Waals surface area (Å²) in [6, 6.07) is 5.60. The van der Waals surface area contributed by atoms with Crippen LogP contribution in [0.3, 0.4) is 0 Å². The molecule has 3 heteroatoms. The normalized spacial score (nSPS) is 12.0. The zero-order valence-electron chi connectivity index (χ0n) is 6.90. The Labute approximate surface area is 71.2 Å². The van der Waals surface area contributed by atoms with Gasteiger partial charge in [0.1, 0.15) is 0 Å². The van der Waals surface area contributed by atoms with Gasteiger partial charge >= 0.3 is 0 Å². The predicted octanol–water partition coefficient (Wildman–Crippen LogP) is 1.68. The summed E-state index contributed by atoms with van der Waals surface area (Å²) in [5.41, 5.74) is 0. The lowest BCUT2D eigenvalue weighted by Gasteiger charge is -2.01. The zero-order chi connectivity index (χ0) is 8.97. The summed E-state index contributed by atoms with van der Waals surface area (Å²) in [7, 11) is 0. The molecular weight excluding hydrogens is 152 g/mol. The fraction of sp³-hybridized carbons (Fsp3) is 0.333. The summed E-state index contributed by atoms with van der Waals surface area (Å²) in [4.78, 5) is 11.3. The molecule has 0 spiro atoms. The minimum atomic E-state index is -0.208. The van der Waals surface area contributed by atoms with E-state index in [9.17, 15) is 4.79 Å². The topological polar surface area (TPSA) is 45.8 Å². The molecule has 1 aromatic heterocycles. The SMILES string of the molecule is C[C@H](C#N)CC(=O)n1cccc1. The molecule has 12 heavy (non-hydrogen) atoms. The lowest BCUT2D eigenvalue weighted by Crippen LogP contribution is -2.11. The van der Waals surface area contributed by atoms with Gasteiger partial charge in [-0.2, -0.15) is 5.26 Å². The van der Waals surface area contributed by atoms with Crippen LogP contribution >= 0.6 is 0 Å². The van der Waals surface area contributed by atoms with Gasteiger partial charge in [-0.15, -0.1) is 0 Å². The molecule has 0 bridgehead atoms. The number of nitrogens with zero attached hydrogens (tertiary/aromatic N) is 2. The molecule has 0 aliphatic rings. The van der Waals surface area contributed by atoms with Gasteiger partial charge in [0.15, 0.2) is 0 Å². The van der Waals surface area contributed by atoms with Crippen LogP contribution in [0.25, 0.3) is 0 Å². The van der Waals surface area contributed by atoms with Crippen LogP contribution in [0.5, 0.6) is 0 Å². The molecule has 0 aliphatic heterocycles. The first kappa shape index (κ1) is 8.54. The van der Waals surface area contributed by atoms with E-state index in [0.29, 0.717) is 0 Å². The Morgan fingerprint density at radius 1 is 1.58 bits per heavy atom. The predicted molar refractivity (Wildman–Crippen MR) is 44.5 cm³/mol. The molecule has 0 aliphatic carbocycles. The number of carbonyl (C=O) groups is 1. The molecule has 0 saturated carbocycles. The van der Waals surface area contributed by atoms with Crippen LogP contribution < -0.4 is 0 Å². The Hall–Kier alpha value is -1.56. The van der Waals surface area contributed by atoms with E-state index in [2.05, 4.69) is 0 Å². The van der Waals surface area contributed by atoms with Crippen LogP contribution in [0.1, 0.15) is 18.1 Å². The fourth-order valence-corrected chi connectivity index (χ4v) is 0.914. The van der Waals surface area contributed by atoms with Crippen molar-refractivity contribution in [3.05, 3.63) is 24.5 Å². The summed E-state index contributed by atoms with van der Waals surface area (Å²) in [5, 5.41) is 8.47. The first-order valence-electron chi connectivity index (χ1n) is 3.80. The zero-order valence-corrected chi connectivity index (χ0v) is 6.90. The van der Waals surface area contributed by atoms with Gasteiger partial charge in [0.05, 0.1) is 12.0 Å². The van der Waals surface area contributed by atoms with E-state index in [4.69, 9.17) is 5.26 Å². The van der Waals surface area contributed by atoms with Crippen molar-refractivity contribution in [1.29, 1.82) is 5.26 Å². The first-order valence-corrected chi connectivity index (χ1v) is 3.80. The Bertz CT molecular complexity index is 295. The minimum Gasteiger partial charge on any atom is -0.295 e. The molecule has 1 aromatic rings. The highest BCUT2D eigenvalue weighted by Gasteiger charge is 2.08. The smallest absolute Gasteiger partial charge is 0.231 e.